The standard InChI is InChI=1S/C32H34N6O5/c1-16-15-38(10-9-37(16)5)32(39)21-8-7-20(29-30(21)42-12-11-41-29)28-27-22-14-25(40-6)23(26-17(2)36-43-18(26)3)13-24(22)35-31(27)34-19(4)33-28/h7-8,13-14,16H,9-12,15H2,1-6H3,(H,33,34,35)/t16-/m0/s1. The molecule has 1 fully saturated rings. The van der Waals surface area contributed by atoms with Crippen LogP contribution in [0.3, 0.4) is 0 Å². The number of rotatable bonds is 4. The first kappa shape index (κ1) is 27.2. The maximum atomic E-state index is 13.7. The summed E-state index contributed by atoms with van der Waals surface area (Å²) in [5.74, 6) is 2.92. The number of carbonyl (C=O) groups is 1. The zero-order chi connectivity index (χ0) is 30.0. The molecule has 5 heterocycles. The highest BCUT2D eigenvalue weighted by Crippen LogP contribution is 2.46. The molecule has 1 N–H and O–H groups in total. The lowest BCUT2D eigenvalue weighted by atomic mass is 9.98. The molecule has 0 unspecified atom stereocenters. The second kappa shape index (κ2) is 10.3. The Kier molecular flexibility index (Phi) is 6.50. The molecule has 2 aliphatic heterocycles. The lowest BCUT2D eigenvalue weighted by Gasteiger charge is -2.38. The number of nitrogens with zero attached hydrogens (tertiary/aromatic N) is 5. The normalized spacial score (nSPS) is 17.2. The molecule has 1 atom stereocenters. The van der Waals surface area contributed by atoms with Crippen molar-refractivity contribution >= 4 is 27.8 Å². The van der Waals surface area contributed by atoms with Crippen LogP contribution in [0.4, 0.5) is 0 Å². The lowest BCUT2D eigenvalue weighted by molar-refractivity contribution is 0.0564. The predicted octanol–water partition coefficient (Wildman–Crippen LogP) is 4.91. The molecule has 0 saturated carbocycles. The molecule has 11 heteroatoms. The van der Waals surface area contributed by atoms with E-state index in [1.165, 1.54) is 0 Å². The van der Waals surface area contributed by atoms with Crippen molar-refractivity contribution in [3.63, 3.8) is 0 Å². The lowest BCUT2D eigenvalue weighted by Crippen LogP contribution is -2.52. The number of aryl methyl sites for hydroxylation is 3. The molecule has 2 aromatic carbocycles. The summed E-state index contributed by atoms with van der Waals surface area (Å²) in [6.07, 6.45) is 0. The van der Waals surface area contributed by atoms with Crippen LogP contribution in [-0.4, -0.2) is 88.9 Å². The molecular formula is C32H34N6O5. The Labute approximate surface area is 248 Å². The summed E-state index contributed by atoms with van der Waals surface area (Å²) >= 11 is 0. The first-order chi connectivity index (χ1) is 20.7. The predicted molar refractivity (Wildman–Crippen MR) is 162 cm³/mol. The van der Waals surface area contributed by atoms with Gasteiger partial charge in [-0.15, -0.1) is 0 Å². The summed E-state index contributed by atoms with van der Waals surface area (Å²) in [7, 11) is 3.74. The molecule has 0 bridgehead atoms. The topological polar surface area (TPSA) is 119 Å². The maximum Gasteiger partial charge on any atom is 0.257 e. The van der Waals surface area contributed by atoms with Gasteiger partial charge in [-0.25, -0.2) is 9.97 Å². The molecule has 222 valence electrons. The van der Waals surface area contributed by atoms with Gasteiger partial charge in [0.05, 0.1) is 35.0 Å². The summed E-state index contributed by atoms with van der Waals surface area (Å²) in [6, 6.07) is 8.06. The molecule has 11 nitrogen and oxygen atoms in total. The number of likely N-dealkylation sites (N-methyl/N-ethyl adjacent to an activating group) is 1. The molecule has 0 aliphatic carbocycles. The van der Waals surface area contributed by atoms with Crippen LogP contribution in [0.15, 0.2) is 28.8 Å². The molecule has 43 heavy (non-hydrogen) atoms. The molecular weight excluding hydrogens is 548 g/mol. The van der Waals surface area contributed by atoms with Gasteiger partial charge in [-0.2, -0.15) is 0 Å². The Morgan fingerprint density at radius 3 is 2.56 bits per heavy atom. The fourth-order valence-corrected chi connectivity index (χ4v) is 6.26. The number of aromatic nitrogens is 4. The number of methoxy groups -OCH3 is 1. The number of amides is 1. The number of H-pyrrole nitrogens is 1. The van der Waals surface area contributed by atoms with Crippen LogP contribution in [-0.2, 0) is 0 Å². The van der Waals surface area contributed by atoms with Gasteiger partial charge in [0.2, 0.25) is 0 Å². The summed E-state index contributed by atoms with van der Waals surface area (Å²) in [6.45, 7) is 10.7. The Morgan fingerprint density at radius 2 is 1.84 bits per heavy atom. The van der Waals surface area contributed by atoms with E-state index in [0.29, 0.717) is 72.0 Å². The highest BCUT2D eigenvalue weighted by Gasteiger charge is 2.32. The molecule has 7 rings (SSSR count). The molecule has 5 aromatic rings. The Bertz CT molecular complexity index is 1890. The van der Waals surface area contributed by atoms with Gasteiger partial charge < -0.3 is 33.5 Å². The average Bonchev–Trinajstić information content (AvgIpc) is 3.53. The van der Waals surface area contributed by atoms with E-state index in [-0.39, 0.29) is 11.9 Å². The van der Waals surface area contributed by atoms with Crippen LogP contribution in [0, 0.1) is 20.8 Å². The maximum absolute atomic E-state index is 13.7. The van der Waals surface area contributed by atoms with E-state index in [4.69, 9.17) is 28.7 Å². The minimum atomic E-state index is -0.0547. The Morgan fingerprint density at radius 1 is 1.05 bits per heavy atom. The monoisotopic (exact) mass is 582 g/mol. The number of hydrogen-bond acceptors (Lipinski definition) is 9. The van der Waals surface area contributed by atoms with Gasteiger partial charge in [-0.05, 0) is 59.0 Å². The van der Waals surface area contributed by atoms with Crippen molar-refractivity contribution < 1.29 is 23.5 Å². The number of nitrogens with one attached hydrogen (secondary N) is 1. The highest BCUT2D eigenvalue weighted by atomic mass is 16.6. The van der Waals surface area contributed by atoms with E-state index in [0.717, 1.165) is 45.2 Å². The number of piperazine rings is 1. The number of aromatic amines is 1. The molecule has 1 saturated heterocycles. The van der Waals surface area contributed by atoms with Crippen molar-refractivity contribution in [1.82, 2.24) is 29.9 Å². The first-order valence-electron chi connectivity index (χ1n) is 14.5. The van der Waals surface area contributed by atoms with Gasteiger partial charge in [-0.3, -0.25) is 4.79 Å². The van der Waals surface area contributed by atoms with Gasteiger partial charge in [0.15, 0.2) is 11.5 Å². The first-order valence-corrected chi connectivity index (χ1v) is 14.5. The van der Waals surface area contributed by atoms with E-state index < -0.39 is 0 Å². The third-order valence-corrected chi connectivity index (χ3v) is 8.61. The van der Waals surface area contributed by atoms with Crippen molar-refractivity contribution in [2.75, 3.05) is 47.0 Å². The fraction of sp³-hybridized carbons (Fsp3) is 0.375. The zero-order valence-electron chi connectivity index (χ0n) is 25.2. The minimum Gasteiger partial charge on any atom is -0.496 e. The molecule has 0 radical (unpaired) electrons. The van der Waals surface area contributed by atoms with Crippen LogP contribution in [0.25, 0.3) is 44.3 Å². The molecule has 2 aliphatic rings. The van der Waals surface area contributed by atoms with Crippen molar-refractivity contribution in [3.8, 4) is 39.6 Å². The van der Waals surface area contributed by atoms with E-state index in [1.807, 2.05) is 49.9 Å². The van der Waals surface area contributed by atoms with E-state index in [1.54, 1.807) is 7.11 Å². The summed E-state index contributed by atoms with van der Waals surface area (Å²) in [5.41, 5.74) is 6.04. The van der Waals surface area contributed by atoms with Crippen LogP contribution in [0.1, 0.15) is 34.6 Å². The Balaban J connectivity index is 1.40. The fourth-order valence-electron chi connectivity index (χ4n) is 6.26. The minimum absolute atomic E-state index is 0.0547. The molecule has 0 spiro atoms. The van der Waals surface area contributed by atoms with Crippen LogP contribution >= 0.6 is 0 Å². The van der Waals surface area contributed by atoms with Gasteiger partial charge in [-0.1, -0.05) is 5.16 Å². The van der Waals surface area contributed by atoms with Crippen LogP contribution < -0.4 is 14.2 Å². The number of carbonyl (C=O) groups excluding carboxylic acids is 1. The number of ether oxygens (including phenoxy) is 3. The van der Waals surface area contributed by atoms with Gasteiger partial charge in [0.25, 0.3) is 5.91 Å². The smallest absolute Gasteiger partial charge is 0.257 e. The van der Waals surface area contributed by atoms with Crippen molar-refractivity contribution in [2.24, 2.45) is 0 Å². The SMILES string of the molecule is COc1cc2c(cc1-c1c(C)noc1C)[nH]c1nc(C)nc(-c3ccc(C(=O)N4CCN(C)[C@@H](C)C4)c4c3OCCO4)c12. The van der Waals surface area contributed by atoms with E-state index in [9.17, 15) is 4.79 Å². The largest absolute Gasteiger partial charge is 0.496 e. The zero-order valence-corrected chi connectivity index (χ0v) is 25.2. The van der Waals surface area contributed by atoms with E-state index >= 15 is 0 Å². The third kappa shape index (κ3) is 4.37. The molecule has 3 aromatic heterocycles. The second-order valence-corrected chi connectivity index (χ2v) is 11.4. The van der Waals surface area contributed by atoms with Crippen molar-refractivity contribution in [3.05, 3.63) is 47.1 Å². The number of benzene rings is 2. The van der Waals surface area contributed by atoms with Crippen molar-refractivity contribution in [2.45, 2.75) is 33.7 Å². The van der Waals surface area contributed by atoms with Crippen LogP contribution in [0.2, 0.25) is 0 Å². The summed E-state index contributed by atoms with van der Waals surface area (Å²) in [5, 5.41) is 5.86. The second-order valence-electron chi connectivity index (χ2n) is 11.4. The van der Waals surface area contributed by atoms with Crippen molar-refractivity contribution in [1.29, 1.82) is 0 Å². The Hall–Kier alpha value is -4.64. The summed E-state index contributed by atoms with van der Waals surface area (Å²) in [4.78, 5) is 31.0. The van der Waals surface area contributed by atoms with Gasteiger partial charge in [0.1, 0.15) is 36.2 Å². The quantitative estimate of drug-likeness (QED) is 0.315. The third-order valence-electron chi connectivity index (χ3n) is 8.61. The van der Waals surface area contributed by atoms with Crippen LogP contribution in [0.5, 0.6) is 17.2 Å². The van der Waals surface area contributed by atoms with Gasteiger partial charge >= 0.3 is 0 Å². The number of hydrogen-bond donors (Lipinski definition) is 1. The molecule has 1 amide bonds. The number of fused-ring (bicyclic) bond motifs is 4. The average molecular weight is 583 g/mol. The highest BCUT2D eigenvalue weighted by molar-refractivity contribution is 6.14. The van der Waals surface area contributed by atoms with Gasteiger partial charge in [0, 0.05) is 47.7 Å². The summed E-state index contributed by atoms with van der Waals surface area (Å²) < 4.78 is 23.7. The van der Waals surface area contributed by atoms with E-state index in [2.05, 4.69) is 29.0 Å².